The zero-order valence-electron chi connectivity index (χ0n) is 6.60. The van der Waals surface area contributed by atoms with Crippen LogP contribution in [0.2, 0.25) is 0 Å². The zero-order valence-corrected chi connectivity index (χ0v) is 6.60. The van der Waals surface area contributed by atoms with Crippen LogP contribution >= 0.6 is 0 Å². The summed E-state index contributed by atoms with van der Waals surface area (Å²) in [6, 6.07) is 0. The molecule has 0 amide bonds. The fourth-order valence-electron chi connectivity index (χ4n) is 2.62. The normalized spacial score (nSPS) is 39.8. The minimum absolute atomic E-state index is 1.04. The van der Waals surface area contributed by atoms with Crippen molar-refractivity contribution in [3.8, 4) is 0 Å². The van der Waals surface area contributed by atoms with E-state index in [1.807, 2.05) is 0 Å². The average Bonchev–Trinajstić information content (AvgIpc) is 2.33. The number of allylic oxidation sites excluding steroid dienone is 1. The lowest BCUT2D eigenvalue weighted by molar-refractivity contribution is 0.324. The predicted octanol–water partition coefficient (Wildman–Crippen LogP) is 3.14. The highest BCUT2D eigenvalue weighted by Crippen LogP contribution is 2.43. The van der Waals surface area contributed by atoms with Gasteiger partial charge < -0.3 is 0 Å². The molecule has 2 aliphatic rings. The third kappa shape index (κ3) is 1.00. The lowest BCUT2D eigenvalue weighted by Crippen LogP contribution is -2.14. The Kier molecular flexibility index (Phi) is 1.55. The molecule has 2 aliphatic carbocycles. The molecule has 0 N–H and O–H groups in total. The molecule has 10 heavy (non-hydrogen) atoms. The van der Waals surface area contributed by atoms with Crippen LogP contribution < -0.4 is 0 Å². The van der Waals surface area contributed by atoms with E-state index in [1.165, 1.54) is 44.1 Å². The summed E-state index contributed by atoms with van der Waals surface area (Å²) >= 11 is 0. The van der Waals surface area contributed by atoms with Crippen molar-refractivity contribution in [3.63, 3.8) is 0 Å². The summed E-state index contributed by atoms with van der Waals surface area (Å²) in [6.45, 7) is 4.07. The van der Waals surface area contributed by atoms with E-state index in [0.717, 1.165) is 11.8 Å². The van der Waals surface area contributed by atoms with Crippen LogP contribution in [0, 0.1) is 11.8 Å². The lowest BCUT2D eigenvalue weighted by Gasteiger charge is -2.26. The monoisotopic (exact) mass is 136 g/mol. The van der Waals surface area contributed by atoms with E-state index in [9.17, 15) is 0 Å². The molecule has 0 bridgehead atoms. The van der Waals surface area contributed by atoms with Crippen LogP contribution in [0.15, 0.2) is 12.2 Å². The van der Waals surface area contributed by atoms with Gasteiger partial charge in [0, 0.05) is 0 Å². The van der Waals surface area contributed by atoms with Gasteiger partial charge in [0.05, 0.1) is 0 Å². The van der Waals surface area contributed by atoms with Crippen molar-refractivity contribution < 1.29 is 0 Å². The van der Waals surface area contributed by atoms with Gasteiger partial charge in [-0.2, -0.15) is 0 Å². The predicted molar refractivity (Wildman–Crippen MR) is 43.8 cm³/mol. The maximum absolute atomic E-state index is 4.07. The SMILES string of the molecule is C=C1CCC2CCC[C@H]2C1. The third-order valence-corrected chi connectivity index (χ3v) is 3.24. The van der Waals surface area contributed by atoms with E-state index in [4.69, 9.17) is 0 Å². The summed E-state index contributed by atoms with van der Waals surface area (Å²) in [6.07, 6.45) is 8.61. The van der Waals surface area contributed by atoms with Gasteiger partial charge in [-0.1, -0.05) is 25.0 Å². The molecule has 2 atom stereocenters. The average molecular weight is 136 g/mol. The molecule has 2 fully saturated rings. The first-order valence-electron chi connectivity index (χ1n) is 4.53. The van der Waals surface area contributed by atoms with Crippen molar-refractivity contribution in [3.05, 3.63) is 12.2 Å². The van der Waals surface area contributed by atoms with Gasteiger partial charge in [0.1, 0.15) is 0 Å². The highest BCUT2D eigenvalue weighted by Gasteiger charge is 2.30. The minimum Gasteiger partial charge on any atom is -0.0999 e. The van der Waals surface area contributed by atoms with E-state index >= 15 is 0 Å². The van der Waals surface area contributed by atoms with Crippen LogP contribution in [-0.2, 0) is 0 Å². The van der Waals surface area contributed by atoms with Gasteiger partial charge in [0.15, 0.2) is 0 Å². The fraction of sp³-hybridized carbons (Fsp3) is 0.800. The molecule has 0 radical (unpaired) electrons. The molecule has 0 heteroatoms. The van der Waals surface area contributed by atoms with Crippen LogP contribution in [-0.4, -0.2) is 0 Å². The topological polar surface area (TPSA) is 0 Å². The second-order valence-corrected chi connectivity index (χ2v) is 3.94. The third-order valence-electron chi connectivity index (χ3n) is 3.24. The Balaban J connectivity index is 2.03. The molecule has 1 unspecified atom stereocenters. The summed E-state index contributed by atoms with van der Waals surface area (Å²) < 4.78 is 0. The molecule has 2 rings (SSSR count). The highest BCUT2D eigenvalue weighted by molar-refractivity contribution is 5.02. The molecular formula is C10H16. The van der Waals surface area contributed by atoms with Gasteiger partial charge in [-0.15, -0.1) is 0 Å². The van der Waals surface area contributed by atoms with Gasteiger partial charge in [-0.05, 0) is 37.5 Å². The summed E-state index contributed by atoms with van der Waals surface area (Å²) in [4.78, 5) is 0. The Hall–Kier alpha value is -0.260. The van der Waals surface area contributed by atoms with Crippen LogP contribution in [0.4, 0.5) is 0 Å². The van der Waals surface area contributed by atoms with Crippen molar-refractivity contribution >= 4 is 0 Å². The van der Waals surface area contributed by atoms with E-state index in [2.05, 4.69) is 6.58 Å². The maximum Gasteiger partial charge on any atom is -0.0292 e. The van der Waals surface area contributed by atoms with Gasteiger partial charge in [-0.25, -0.2) is 0 Å². The first-order valence-corrected chi connectivity index (χ1v) is 4.53. The maximum atomic E-state index is 4.07. The second kappa shape index (κ2) is 2.41. The molecule has 0 aliphatic heterocycles. The number of fused-ring (bicyclic) bond motifs is 1. The summed E-state index contributed by atoms with van der Waals surface area (Å²) in [5.41, 5.74) is 1.52. The zero-order chi connectivity index (χ0) is 6.97. The number of hydrogen-bond acceptors (Lipinski definition) is 0. The lowest BCUT2D eigenvalue weighted by atomic mass is 9.80. The van der Waals surface area contributed by atoms with Crippen LogP contribution in [0.5, 0.6) is 0 Å². The van der Waals surface area contributed by atoms with E-state index in [0.29, 0.717) is 0 Å². The Bertz CT molecular complexity index is 146. The van der Waals surface area contributed by atoms with Crippen LogP contribution in [0.25, 0.3) is 0 Å². The molecular weight excluding hydrogens is 120 g/mol. The van der Waals surface area contributed by atoms with Crippen molar-refractivity contribution in [1.29, 1.82) is 0 Å². The molecule has 0 nitrogen and oxygen atoms in total. The molecule has 2 saturated carbocycles. The van der Waals surface area contributed by atoms with E-state index in [-0.39, 0.29) is 0 Å². The summed E-state index contributed by atoms with van der Waals surface area (Å²) in [5, 5.41) is 0. The van der Waals surface area contributed by atoms with Gasteiger partial charge in [0.25, 0.3) is 0 Å². The van der Waals surface area contributed by atoms with Gasteiger partial charge >= 0.3 is 0 Å². The molecule has 0 aromatic rings. The Labute approximate surface area is 63.3 Å². The van der Waals surface area contributed by atoms with Crippen molar-refractivity contribution in [1.82, 2.24) is 0 Å². The van der Waals surface area contributed by atoms with Gasteiger partial charge in [-0.3, -0.25) is 0 Å². The second-order valence-electron chi connectivity index (χ2n) is 3.94. The van der Waals surface area contributed by atoms with Crippen molar-refractivity contribution in [2.45, 2.75) is 38.5 Å². The first-order chi connectivity index (χ1) is 4.86. The molecule has 0 saturated heterocycles. The quantitative estimate of drug-likeness (QED) is 0.449. The Morgan fingerprint density at radius 3 is 2.80 bits per heavy atom. The smallest absolute Gasteiger partial charge is 0.0292 e. The Morgan fingerprint density at radius 1 is 1.10 bits per heavy atom. The fourth-order valence-corrected chi connectivity index (χ4v) is 2.62. The largest absolute Gasteiger partial charge is 0.0999 e. The van der Waals surface area contributed by atoms with Crippen molar-refractivity contribution in [2.24, 2.45) is 11.8 Å². The van der Waals surface area contributed by atoms with E-state index < -0.39 is 0 Å². The first kappa shape index (κ1) is 6.45. The molecule has 0 spiro atoms. The Morgan fingerprint density at radius 2 is 1.90 bits per heavy atom. The summed E-state index contributed by atoms with van der Waals surface area (Å²) in [5.74, 6) is 2.13. The minimum atomic E-state index is 1.04. The van der Waals surface area contributed by atoms with E-state index in [1.54, 1.807) is 0 Å². The van der Waals surface area contributed by atoms with Crippen LogP contribution in [0.1, 0.15) is 38.5 Å². The number of rotatable bonds is 0. The molecule has 56 valence electrons. The molecule has 0 aromatic heterocycles. The number of hydrogen-bond donors (Lipinski definition) is 0. The molecule has 0 heterocycles. The van der Waals surface area contributed by atoms with Crippen molar-refractivity contribution in [2.75, 3.05) is 0 Å². The highest BCUT2D eigenvalue weighted by atomic mass is 14.4. The summed E-state index contributed by atoms with van der Waals surface area (Å²) in [7, 11) is 0. The van der Waals surface area contributed by atoms with Gasteiger partial charge in [0.2, 0.25) is 0 Å². The standard InChI is InChI=1S/C10H16/c1-8-5-6-9-3-2-4-10(9)7-8/h9-10H,1-7H2/t9?,10-/m0/s1. The molecule has 0 aromatic carbocycles. The van der Waals surface area contributed by atoms with Crippen LogP contribution in [0.3, 0.4) is 0 Å².